The van der Waals surface area contributed by atoms with Gasteiger partial charge >= 0.3 is 30.7 Å². The first-order valence-electron chi connectivity index (χ1n) is 19.5. The smallest absolute Gasteiger partial charge is 0.416 e. The molecule has 0 saturated heterocycles. The second kappa shape index (κ2) is 19.7. The number of pyridine rings is 2. The van der Waals surface area contributed by atoms with E-state index < -0.39 is 69.9 Å². The van der Waals surface area contributed by atoms with E-state index in [1.165, 1.54) is 23.5 Å². The van der Waals surface area contributed by atoms with Crippen LogP contribution in [0.3, 0.4) is 0 Å². The van der Waals surface area contributed by atoms with Crippen molar-refractivity contribution in [3.63, 3.8) is 0 Å². The number of hydrogen-bond acceptors (Lipinski definition) is 9. The Hall–Kier alpha value is -7.24. The summed E-state index contributed by atoms with van der Waals surface area (Å²) < 4.78 is 157. The average Bonchev–Trinajstić information content (AvgIpc) is 4.09. The fourth-order valence-electron chi connectivity index (χ4n) is 6.89. The number of halogens is 12. The van der Waals surface area contributed by atoms with Crippen molar-refractivity contribution in [1.82, 2.24) is 39.5 Å². The number of carbonyl (C=O) groups is 2. The van der Waals surface area contributed by atoms with Crippen molar-refractivity contribution in [2.45, 2.75) is 68.8 Å². The van der Waals surface area contributed by atoms with Crippen LogP contribution in [0.25, 0.3) is 35.2 Å². The molecule has 2 aliphatic rings. The predicted octanol–water partition coefficient (Wildman–Crippen LogP) is 10.1. The lowest BCUT2D eigenvalue weighted by Crippen LogP contribution is -2.11. The van der Waals surface area contributed by atoms with Crippen LogP contribution in [-0.2, 0) is 47.1 Å². The summed E-state index contributed by atoms with van der Waals surface area (Å²) in [5.74, 6) is -2.22. The highest BCUT2D eigenvalue weighted by Gasteiger charge is 2.39. The molecule has 352 valence electrons. The van der Waals surface area contributed by atoms with Crippen molar-refractivity contribution in [2.75, 3.05) is 0 Å². The summed E-state index contributed by atoms with van der Waals surface area (Å²) in [6.45, 7) is 0. The summed E-state index contributed by atoms with van der Waals surface area (Å²) in [6, 6.07) is 10.1. The Morgan fingerprint density at radius 3 is 1.46 bits per heavy atom. The van der Waals surface area contributed by atoms with Gasteiger partial charge in [-0.25, -0.2) is 24.1 Å². The molecule has 0 spiro atoms. The Labute approximate surface area is 370 Å². The van der Waals surface area contributed by atoms with E-state index in [0.717, 1.165) is 65.2 Å². The van der Waals surface area contributed by atoms with Crippen LogP contribution in [0.1, 0.15) is 76.0 Å². The van der Waals surface area contributed by atoms with E-state index in [1.807, 2.05) is 24.4 Å². The Kier molecular flexibility index (Phi) is 14.5. The minimum Gasteiger partial charge on any atom is -0.478 e. The van der Waals surface area contributed by atoms with Gasteiger partial charge in [0.25, 0.3) is 0 Å². The third kappa shape index (κ3) is 13.0. The molecule has 0 amide bonds. The van der Waals surface area contributed by atoms with E-state index in [-0.39, 0.29) is 42.1 Å². The van der Waals surface area contributed by atoms with Crippen LogP contribution in [-0.4, -0.2) is 56.4 Å². The number of aromatic nitrogens is 8. The molecule has 3 N–H and O–H groups in total. The van der Waals surface area contributed by atoms with Crippen molar-refractivity contribution in [2.24, 2.45) is 5.73 Å². The third-order valence-electron chi connectivity index (χ3n) is 10.1. The van der Waals surface area contributed by atoms with E-state index in [2.05, 4.69) is 36.2 Å². The van der Waals surface area contributed by atoms with E-state index >= 15 is 0 Å². The first-order valence-corrected chi connectivity index (χ1v) is 19.5. The molecular weight excluding hydrogens is 919 g/mol. The molecule has 6 aromatic rings. The lowest BCUT2D eigenvalue weighted by Gasteiger charge is -2.13. The number of carboxylic acid groups (broad SMARTS) is 1. The van der Waals surface area contributed by atoms with Crippen LogP contribution in [0, 0.1) is 0 Å². The van der Waals surface area contributed by atoms with E-state index in [0.29, 0.717) is 30.3 Å². The minimum atomic E-state index is -4.98. The van der Waals surface area contributed by atoms with Crippen LogP contribution in [0.5, 0.6) is 0 Å². The molecule has 2 aromatic carbocycles. The normalized spacial score (nSPS) is 16.0. The zero-order valence-corrected chi connectivity index (χ0v) is 34.0. The van der Waals surface area contributed by atoms with Gasteiger partial charge in [0.15, 0.2) is 17.4 Å². The van der Waals surface area contributed by atoms with Crippen molar-refractivity contribution >= 4 is 24.2 Å². The highest BCUT2D eigenvalue weighted by atomic mass is 19.4. The molecule has 24 heteroatoms. The van der Waals surface area contributed by atoms with Crippen molar-refractivity contribution < 1.29 is 67.4 Å². The number of alkyl halides is 12. The predicted molar refractivity (Wildman–Crippen MR) is 214 cm³/mol. The summed E-state index contributed by atoms with van der Waals surface area (Å²) in [7, 11) is 0. The second-order valence-corrected chi connectivity index (χ2v) is 14.8. The summed E-state index contributed by atoms with van der Waals surface area (Å²) in [6.07, 6.45) is -6.27. The molecule has 2 unspecified atom stereocenters. The zero-order valence-electron chi connectivity index (χ0n) is 34.0. The van der Waals surface area contributed by atoms with Gasteiger partial charge in [0.2, 0.25) is 0 Å². The number of carboxylic acids is 1. The van der Waals surface area contributed by atoms with Gasteiger partial charge < -0.3 is 10.8 Å². The molecule has 2 aliphatic carbocycles. The maximum atomic E-state index is 13.1. The fourth-order valence-corrected chi connectivity index (χ4v) is 6.89. The topological polar surface area (TPSA) is 168 Å². The van der Waals surface area contributed by atoms with Crippen LogP contribution in [0.15, 0.2) is 97.9 Å². The summed E-state index contributed by atoms with van der Waals surface area (Å²) in [5, 5.41) is 16.0. The molecule has 0 fully saturated rings. The Morgan fingerprint density at radius 1 is 0.612 bits per heavy atom. The van der Waals surface area contributed by atoms with E-state index in [1.54, 1.807) is 6.20 Å². The van der Waals surface area contributed by atoms with Crippen LogP contribution in [0.2, 0.25) is 0 Å². The molecule has 4 aromatic heterocycles. The Morgan fingerprint density at radius 2 is 1.03 bits per heavy atom. The molecule has 12 nitrogen and oxygen atoms in total. The number of carbonyl (C=O) groups excluding carboxylic acids is 1. The Balaban J connectivity index is 0.000000189. The van der Waals surface area contributed by atoms with Crippen LogP contribution >= 0.6 is 0 Å². The Bertz CT molecular complexity index is 2730. The van der Waals surface area contributed by atoms with Gasteiger partial charge in [-0.1, -0.05) is 12.1 Å². The highest BCUT2D eigenvalue weighted by Crippen LogP contribution is 2.40. The second-order valence-electron chi connectivity index (χ2n) is 14.8. The molecule has 0 aliphatic heterocycles. The quantitative estimate of drug-likeness (QED) is 0.111. The van der Waals surface area contributed by atoms with Crippen molar-refractivity contribution in [1.29, 1.82) is 0 Å². The number of ketones is 1. The number of aliphatic carboxylic acids is 1. The first kappa shape index (κ1) is 49.2. The number of allylic oxidation sites excluding steroid dienone is 1. The summed E-state index contributed by atoms with van der Waals surface area (Å²) in [5.41, 5.74) is 3.39. The monoisotopic (exact) mass is 951 g/mol. The molecule has 0 radical (unpaired) electrons. The average molecular weight is 952 g/mol. The van der Waals surface area contributed by atoms with Gasteiger partial charge in [-0.2, -0.15) is 52.7 Å². The van der Waals surface area contributed by atoms with Crippen molar-refractivity contribution in [3.05, 3.63) is 143 Å². The van der Waals surface area contributed by atoms with E-state index in [9.17, 15) is 62.3 Å². The number of aryl methyl sites for hydroxylation is 2. The zero-order chi connectivity index (χ0) is 48.9. The van der Waals surface area contributed by atoms with Gasteiger partial charge in [0.05, 0.1) is 22.3 Å². The van der Waals surface area contributed by atoms with Gasteiger partial charge in [-0.05, 0) is 97.3 Å². The molecule has 8 rings (SSSR count). The molecule has 4 heterocycles. The summed E-state index contributed by atoms with van der Waals surface area (Å²) >= 11 is 0. The first-order chi connectivity index (χ1) is 31.3. The molecular formula is C43H33F12N9O3. The molecule has 0 bridgehead atoms. The number of hydrogen-bond donors (Lipinski definition) is 2. The molecule has 67 heavy (non-hydrogen) atoms. The fraction of sp³-hybridized carbons (Fsp3) is 0.256. The van der Waals surface area contributed by atoms with Gasteiger partial charge in [0, 0.05) is 65.8 Å². The maximum absolute atomic E-state index is 13.1. The van der Waals surface area contributed by atoms with Gasteiger partial charge in [-0.3, -0.25) is 14.8 Å². The minimum absolute atomic E-state index is 0.00910. The van der Waals surface area contributed by atoms with Crippen LogP contribution < -0.4 is 5.73 Å². The maximum Gasteiger partial charge on any atom is 0.416 e. The number of rotatable bonds is 8. The van der Waals surface area contributed by atoms with Crippen LogP contribution in [0.4, 0.5) is 52.7 Å². The van der Waals surface area contributed by atoms with Gasteiger partial charge in [0.1, 0.15) is 12.7 Å². The van der Waals surface area contributed by atoms with Gasteiger partial charge in [-0.15, -0.1) is 10.2 Å². The lowest BCUT2D eigenvalue weighted by atomic mass is 9.96. The number of nitrogens with zero attached hydrogens (tertiary/aromatic N) is 8. The standard InChI is InChI=1S/C22H16F6N4O.C13H7F6N3O2.C8H10N2/c23-21(24,25)15-8-14(9-16(11-15)22(26,27)28)20-30-12-32(31-20)7-5-17(33)10-13-3-4-19-18(13)2-1-6-29-19;14-12(15,16)8-3-7(4-9(5-8)13(17,18)19)11-20-6-22(21-11)2-1-10(23)24;9-7-3-4-8-6(7)2-1-5-10-8/h1-2,5-9,11-13H,3-4,10H2;1-6H,(H,23,24);1-2,5,7H,3-4,9H2/b7-5-;2-1-;. The molecule has 0 saturated carbocycles. The SMILES string of the molecule is NC1CCc2ncccc21.O=C(/C=C\n1cnc(-c2cc(C(F)(F)F)cc(C(F)(F)F)c2)n1)CC1CCc2ncccc21.O=C(O)/C=C\n1cnc(-c2cc(C(F)(F)F)cc(C(F)(F)F)c2)n1. The summed E-state index contributed by atoms with van der Waals surface area (Å²) in [4.78, 5) is 38.6. The number of nitrogens with two attached hydrogens (primary N) is 1. The highest BCUT2D eigenvalue weighted by molar-refractivity contribution is 5.92. The number of fused-ring (bicyclic) bond motifs is 2. The largest absolute Gasteiger partial charge is 0.478 e. The lowest BCUT2D eigenvalue weighted by molar-refractivity contribution is -0.144. The van der Waals surface area contributed by atoms with Crippen molar-refractivity contribution in [3.8, 4) is 22.8 Å². The number of benzene rings is 2. The molecule has 2 atom stereocenters. The van der Waals surface area contributed by atoms with E-state index in [4.69, 9.17) is 10.8 Å². The third-order valence-corrected chi connectivity index (χ3v) is 10.1.